The lowest BCUT2D eigenvalue weighted by atomic mass is 10.1. The van der Waals surface area contributed by atoms with Gasteiger partial charge in [-0.05, 0) is 42.8 Å². The Morgan fingerprint density at radius 2 is 1.77 bits per heavy atom. The Bertz CT molecular complexity index is 984. The molecule has 0 atom stereocenters. The van der Waals surface area contributed by atoms with Crippen LogP contribution in [0.1, 0.15) is 16.8 Å². The lowest BCUT2D eigenvalue weighted by molar-refractivity contribution is -0.286. The number of hydrogen-bond acceptors (Lipinski definition) is 5. The monoisotopic (exact) mass is 435 g/mol. The zero-order chi connectivity index (χ0) is 22.0. The molecule has 7 nitrogen and oxygen atoms in total. The van der Waals surface area contributed by atoms with E-state index in [2.05, 4.69) is 14.8 Å². The Hall–Kier alpha value is -3.27. The molecule has 1 fully saturated rings. The summed E-state index contributed by atoms with van der Waals surface area (Å²) in [5, 5.41) is 2.70. The first kappa shape index (κ1) is 21.0. The Morgan fingerprint density at radius 3 is 2.55 bits per heavy atom. The van der Waals surface area contributed by atoms with Crippen LogP contribution in [0.15, 0.2) is 42.5 Å². The second-order valence-corrected chi connectivity index (χ2v) is 7.28. The quantitative estimate of drug-likeness (QED) is 0.800. The molecule has 2 aromatic carbocycles. The van der Waals surface area contributed by atoms with E-state index in [1.54, 1.807) is 4.90 Å². The van der Waals surface area contributed by atoms with Gasteiger partial charge in [-0.1, -0.05) is 6.07 Å². The number of carbonyl (C=O) groups is 2. The molecule has 0 unspecified atom stereocenters. The first-order valence-corrected chi connectivity index (χ1v) is 9.77. The average molecular weight is 435 g/mol. The first-order valence-electron chi connectivity index (χ1n) is 9.77. The van der Waals surface area contributed by atoms with Crippen LogP contribution < -0.4 is 14.8 Å². The number of fused-ring (bicyclic) bond motifs is 1. The molecule has 2 amide bonds. The number of halogens is 3. The van der Waals surface area contributed by atoms with Crippen LogP contribution in [-0.4, -0.2) is 60.6 Å². The summed E-state index contributed by atoms with van der Waals surface area (Å²) in [6.07, 6.45) is -3.19. The van der Waals surface area contributed by atoms with Crippen LogP contribution in [0.3, 0.4) is 0 Å². The van der Waals surface area contributed by atoms with Crippen molar-refractivity contribution in [3.63, 3.8) is 0 Å². The molecular weight excluding hydrogens is 415 g/mol. The highest BCUT2D eigenvalue weighted by Crippen LogP contribution is 2.43. The summed E-state index contributed by atoms with van der Waals surface area (Å²) in [5.41, 5.74) is 0.507. The minimum absolute atomic E-state index is 0.0113. The molecule has 10 heteroatoms. The van der Waals surface area contributed by atoms with E-state index in [-0.39, 0.29) is 35.3 Å². The van der Waals surface area contributed by atoms with Gasteiger partial charge in [0, 0.05) is 31.9 Å². The molecule has 2 heterocycles. The van der Waals surface area contributed by atoms with Crippen LogP contribution in [-0.2, 0) is 4.79 Å². The highest BCUT2D eigenvalue weighted by Gasteiger charge is 2.45. The van der Waals surface area contributed by atoms with Gasteiger partial charge in [0.05, 0.1) is 12.1 Å². The van der Waals surface area contributed by atoms with Crippen molar-refractivity contribution in [2.75, 3.05) is 38.0 Å². The molecule has 2 aliphatic heterocycles. The van der Waals surface area contributed by atoms with E-state index in [0.717, 1.165) is 0 Å². The topological polar surface area (TPSA) is 71.1 Å². The van der Waals surface area contributed by atoms with Gasteiger partial charge in [-0.25, -0.2) is 4.39 Å². The summed E-state index contributed by atoms with van der Waals surface area (Å²) >= 11 is 0. The maximum absolute atomic E-state index is 13.4. The number of benzene rings is 2. The second kappa shape index (κ2) is 8.46. The minimum atomic E-state index is -3.80. The average Bonchev–Trinajstić information content (AvgIpc) is 2.88. The zero-order valence-electron chi connectivity index (χ0n) is 16.4. The summed E-state index contributed by atoms with van der Waals surface area (Å²) in [4.78, 5) is 28.7. The molecule has 2 aromatic rings. The van der Waals surface area contributed by atoms with Gasteiger partial charge in [0.2, 0.25) is 5.91 Å². The van der Waals surface area contributed by atoms with Gasteiger partial charge in [0.15, 0.2) is 11.5 Å². The fraction of sp³-hybridized carbons (Fsp3) is 0.333. The summed E-state index contributed by atoms with van der Waals surface area (Å²) < 4.78 is 48.7. The van der Waals surface area contributed by atoms with Gasteiger partial charge in [0.25, 0.3) is 5.91 Å². The van der Waals surface area contributed by atoms with Crippen LogP contribution in [0, 0.1) is 5.82 Å². The predicted molar refractivity (Wildman–Crippen MR) is 105 cm³/mol. The van der Waals surface area contributed by atoms with E-state index >= 15 is 0 Å². The number of para-hydroxylation sites is 1. The number of ether oxygens (including phenoxy) is 2. The summed E-state index contributed by atoms with van der Waals surface area (Å²) in [5.74, 6) is -1.52. The fourth-order valence-electron chi connectivity index (χ4n) is 3.58. The molecule has 1 saturated heterocycles. The van der Waals surface area contributed by atoms with Crippen molar-refractivity contribution in [2.45, 2.75) is 12.7 Å². The van der Waals surface area contributed by atoms with E-state index in [1.807, 2.05) is 4.90 Å². The number of rotatable bonds is 4. The Morgan fingerprint density at radius 1 is 1.00 bits per heavy atom. The van der Waals surface area contributed by atoms with E-state index in [0.29, 0.717) is 38.3 Å². The summed E-state index contributed by atoms with van der Waals surface area (Å²) in [6, 6.07) is 9.67. The molecule has 1 N–H and O–H groups in total. The largest absolute Gasteiger partial charge is 0.586 e. The van der Waals surface area contributed by atoms with Crippen LogP contribution >= 0.6 is 0 Å². The lowest BCUT2D eigenvalue weighted by Crippen LogP contribution is -2.38. The van der Waals surface area contributed by atoms with Gasteiger partial charge in [-0.3, -0.25) is 14.5 Å². The van der Waals surface area contributed by atoms with Crippen LogP contribution in [0.25, 0.3) is 0 Å². The second-order valence-electron chi connectivity index (χ2n) is 7.28. The molecule has 4 rings (SSSR count). The number of carbonyl (C=O) groups excluding carboxylic acids is 2. The molecule has 0 spiro atoms. The number of amides is 2. The van der Waals surface area contributed by atoms with Crippen molar-refractivity contribution >= 4 is 17.5 Å². The normalized spacial score (nSPS) is 17.8. The number of anilines is 1. The Balaban J connectivity index is 1.35. The van der Waals surface area contributed by atoms with Gasteiger partial charge in [-0.2, -0.15) is 0 Å². The highest BCUT2D eigenvalue weighted by molar-refractivity contribution is 5.98. The van der Waals surface area contributed by atoms with E-state index < -0.39 is 12.2 Å². The highest BCUT2D eigenvalue weighted by atomic mass is 19.3. The van der Waals surface area contributed by atoms with Crippen molar-refractivity contribution in [3.05, 3.63) is 53.8 Å². The maximum atomic E-state index is 13.4. The molecule has 31 heavy (non-hydrogen) atoms. The maximum Gasteiger partial charge on any atom is 0.586 e. The van der Waals surface area contributed by atoms with Crippen molar-refractivity contribution < 1.29 is 32.2 Å². The predicted octanol–water partition coefficient (Wildman–Crippen LogP) is 2.93. The number of alkyl halides is 2. The molecular formula is C21H20F3N3O4. The SMILES string of the molecule is O=C(CN1CCCN(C(=O)c2cccc3c2OC(F)(F)O3)CC1)Nc1ccc(F)cc1. The molecule has 0 saturated carbocycles. The van der Waals surface area contributed by atoms with E-state index in [4.69, 9.17) is 0 Å². The van der Waals surface area contributed by atoms with Crippen molar-refractivity contribution in [1.82, 2.24) is 9.80 Å². The third-order valence-corrected chi connectivity index (χ3v) is 5.03. The van der Waals surface area contributed by atoms with Gasteiger partial charge >= 0.3 is 6.29 Å². The molecule has 0 bridgehead atoms. The summed E-state index contributed by atoms with van der Waals surface area (Å²) in [7, 11) is 0. The van der Waals surface area contributed by atoms with Gasteiger partial charge < -0.3 is 19.7 Å². The first-order chi connectivity index (χ1) is 14.8. The Kier molecular flexibility index (Phi) is 5.73. The van der Waals surface area contributed by atoms with E-state index in [9.17, 15) is 22.8 Å². The third-order valence-electron chi connectivity index (χ3n) is 5.03. The zero-order valence-corrected chi connectivity index (χ0v) is 16.4. The van der Waals surface area contributed by atoms with Crippen molar-refractivity contribution in [3.8, 4) is 11.5 Å². The van der Waals surface area contributed by atoms with Crippen LogP contribution in [0.2, 0.25) is 0 Å². The third kappa shape index (κ3) is 4.91. The lowest BCUT2D eigenvalue weighted by Gasteiger charge is -2.22. The number of hydrogen-bond donors (Lipinski definition) is 1. The number of nitrogens with zero attached hydrogens (tertiary/aromatic N) is 2. The number of nitrogens with one attached hydrogen (secondary N) is 1. The molecule has 2 aliphatic rings. The molecule has 0 aliphatic carbocycles. The van der Waals surface area contributed by atoms with Crippen molar-refractivity contribution in [2.24, 2.45) is 0 Å². The standard InChI is InChI=1S/C21H20F3N3O4/c22-14-5-7-15(8-6-14)25-18(28)13-26-9-2-10-27(12-11-26)20(29)16-3-1-4-17-19(16)31-21(23,24)30-17/h1,3-8H,2,9-13H2,(H,25,28). The van der Waals surface area contributed by atoms with Gasteiger partial charge in [-0.15, -0.1) is 8.78 Å². The minimum Gasteiger partial charge on any atom is -0.395 e. The van der Waals surface area contributed by atoms with Crippen LogP contribution in [0.5, 0.6) is 11.5 Å². The molecule has 164 valence electrons. The molecule has 0 aromatic heterocycles. The van der Waals surface area contributed by atoms with Crippen LogP contribution in [0.4, 0.5) is 18.9 Å². The fourth-order valence-corrected chi connectivity index (χ4v) is 3.58. The Labute approximate surface area is 176 Å². The van der Waals surface area contributed by atoms with E-state index in [1.165, 1.54) is 42.5 Å². The van der Waals surface area contributed by atoms with Crippen molar-refractivity contribution in [1.29, 1.82) is 0 Å². The smallest absolute Gasteiger partial charge is 0.395 e. The molecule has 0 radical (unpaired) electrons. The summed E-state index contributed by atoms with van der Waals surface area (Å²) in [6.45, 7) is 1.87. The van der Waals surface area contributed by atoms with Gasteiger partial charge in [0.1, 0.15) is 5.82 Å².